The van der Waals surface area contributed by atoms with Crippen LogP contribution in [0.1, 0.15) is 24.8 Å². The van der Waals surface area contributed by atoms with E-state index in [-0.39, 0.29) is 5.37 Å². The lowest BCUT2D eigenvalue weighted by molar-refractivity contribution is 0.393. The van der Waals surface area contributed by atoms with E-state index >= 15 is 0 Å². The highest BCUT2D eigenvalue weighted by Crippen LogP contribution is 2.27. The number of thioether (sulfide) groups is 1. The Balaban J connectivity index is 2.72. The van der Waals surface area contributed by atoms with Gasteiger partial charge in [0, 0.05) is 10.1 Å². The minimum absolute atomic E-state index is 0.183. The summed E-state index contributed by atoms with van der Waals surface area (Å²) in [5.41, 5.74) is 1.25. The average molecular weight is 241 g/mol. The van der Waals surface area contributed by atoms with Crippen LogP contribution in [0.5, 0.6) is 0 Å². The molecule has 0 aliphatic rings. The molecule has 1 atom stereocenters. The highest BCUT2D eigenvalue weighted by Gasteiger charge is 2.08. The van der Waals surface area contributed by atoms with Gasteiger partial charge < -0.3 is 0 Å². The normalized spacial score (nSPS) is 13.5. The van der Waals surface area contributed by atoms with Crippen LogP contribution in [0.15, 0.2) is 29.2 Å². The monoisotopic (exact) mass is 241 g/mol. The molecular formula is C12H19NS2. The van der Waals surface area contributed by atoms with Crippen molar-refractivity contribution in [2.45, 2.75) is 29.4 Å². The van der Waals surface area contributed by atoms with Crippen molar-refractivity contribution in [3.05, 3.63) is 29.8 Å². The highest BCUT2D eigenvalue weighted by atomic mass is 32.2. The summed E-state index contributed by atoms with van der Waals surface area (Å²) in [5, 5.41) is 0.819. The van der Waals surface area contributed by atoms with E-state index in [1.165, 1.54) is 10.5 Å². The molecule has 0 saturated heterocycles. The molecule has 1 aromatic carbocycles. The number of hydrogen-bond acceptors (Lipinski definition) is 3. The van der Waals surface area contributed by atoms with Crippen molar-refractivity contribution in [3.8, 4) is 0 Å². The van der Waals surface area contributed by atoms with Gasteiger partial charge in [-0.15, -0.1) is 11.8 Å². The van der Waals surface area contributed by atoms with Crippen molar-refractivity contribution in [1.82, 2.24) is 4.90 Å². The predicted octanol–water partition coefficient (Wildman–Crippen LogP) is 3.68. The molecule has 0 amide bonds. The van der Waals surface area contributed by atoms with E-state index < -0.39 is 0 Å². The van der Waals surface area contributed by atoms with E-state index in [9.17, 15) is 0 Å². The van der Waals surface area contributed by atoms with Crippen LogP contribution >= 0.6 is 24.4 Å². The molecule has 0 fully saturated rings. The maximum Gasteiger partial charge on any atom is 0.0779 e. The zero-order valence-corrected chi connectivity index (χ0v) is 11.5. The Morgan fingerprint density at radius 1 is 1.13 bits per heavy atom. The predicted molar refractivity (Wildman–Crippen MR) is 72.8 cm³/mol. The summed E-state index contributed by atoms with van der Waals surface area (Å²) in [6.45, 7) is 4.42. The van der Waals surface area contributed by atoms with Crippen LogP contribution in [0.25, 0.3) is 0 Å². The Morgan fingerprint density at radius 2 is 1.67 bits per heavy atom. The molecule has 0 N–H and O–H groups in total. The Hall–Kier alpha value is -0.120. The van der Waals surface area contributed by atoms with Gasteiger partial charge >= 0.3 is 0 Å². The maximum atomic E-state index is 4.54. The zero-order chi connectivity index (χ0) is 11.4. The van der Waals surface area contributed by atoms with Crippen LogP contribution in [0.2, 0.25) is 0 Å². The molecule has 3 heteroatoms. The van der Waals surface area contributed by atoms with Crippen LogP contribution < -0.4 is 0 Å². The second-order valence-corrected chi connectivity index (χ2v) is 6.21. The van der Waals surface area contributed by atoms with Gasteiger partial charge in [-0.25, -0.2) is 0 Å². The van der Waals surface area contributed by atoms with Gasteiger partial charge in [-0.05, 0) is 31.8 Å². The number of rotatable bonds is 4. The van der Waals surface area contributed by atoms with Crippen LogP contribution in [0.4, 0.5) is 0 Å². The van der Waals surface area contributed by atoms with Crippen molar-refractivity contribution in [1.29, 1.82) is 0 Å². The van der Waals surface area contributed by atoms with Crippen LogP contribution in [-0.4, -0.2) is 24.2 Å². The minimum atomic E-state index is 0.183. The Labute approximate surface area is 103 Å². The molecule has 0 aromatic heterocycles. The summed E-state index contributed by atoms with van der Waals surface area (Å²) >= 11 is 6.43. The van der Waals surface area contributed by atoms with Gasteiger partial charge in [0.25, 0.3) is 0 Å². The SMILES string of the molecule is CC(C)Sc1ccc(C(S)N(C)C)cc1. The Morgan fingerprint density at radius 3 is 2.07 bits per heavy atom. The number of hydrogen-bond donors (Lipinski definition) is 1. The standard InChI is InChI=1S/C12H19NS2/c1-9(2)15-11-7-5-10(6-8-11)12(14)13(3)4/h5-9,12,14H,1-4H3. The maximum absolute atomic E-state index is 4.54. The molecule has 84 valence electrons. The van der Waals surface area contributed by atoms with Crippen molar-refractivity contribution in [3.63, 3.8) is 0 Å². The van der Waals surface area contributed by atoms with E-state index in [1.54, 1.807) is 0 Å². The molecule has 0 radical (unpaired) electrons. The Bertz CT molecular complexity index is 293. The van der Waals surface area contributed by atoms with Crippen LogP contribution in [0, 0.1) is 0 Å². The van der Waals surface area contributed by atoms with Gasteiger partial charge in [-0.3, -0.25) is 4.90 Å². The molecule has 0 saturated carbocycles. The quantitative estimate of drug-likeness (QED) is 0.487. The molecule has 0 spiro atoms. The third-order valence-electron chi connectivity index (χ3n) is 2.04. The van der Waals surface area contributed by atoms with Gasteiger partial charge in [0.2, 0.25) is 0 Å². The Kier molecular flexibility index (Phi) is 5.03. The van der Waals surface area contributed by atoms with E-state index in [0.29, 0.717) is 5.25 Å². The third-order valence-corrected chi connectivity index (χ3v) is 3.81. The molecule has 1 nitrogen and oxygen atoms in total. The molecule has 1 aromatic rings. The van der Waals surface area contributed by atoms with Crippen LogP contribution in [-0.2, 0) is 0 Å². The van der Waals surface area contributed by atoms with Crippen molar-refractivity contribution in [2.24, 2.45) is 0 Å². The second-order valence-electron chi connectivity index (χ2n) is 4.07. The van der Waals surface area contributed by atoms with Crippen molar-refractivity contribution < 1.29 is 0 Å². The summed E-state index contributed by atoms with van der Waals surface area (Å²) in [7, 11) is 4.07. The summed E-state index contributed by atoms with van der Waals surface area (Å²) in [6.07, 6.45) is 0. The molecule has 0 heterocycles. The second kappa shape index (κ2) is 5.83. The topological polar surface area (TPSA) is 3.24 Å². The van der Waals surface area contributed by atoms with E-state index in [1.807, 2.05) is 25.9 Å². The zero-order valence-electron chi connectivity index (χ0n) is 9.77. The van der Waals surface area contributed by atoms with Crippen molar-refractivity contribution >= 4 is 24.4 Å². The highest BCUT2D eigenvalue weighted by molar-refractivity contribution is 7.99. The smallest absolute Gasteiger partial charge is 0.0779 e. The van der Waals surface area contributed by atoms with Gasteiger partial charge in [0.15, 0.2) is 0 Å². The van der Waals surface area contributed by atoms with Gasteiger partial charge in [0.05, 0.1) is 5.37 Å². The average Bonchev–Trinajstić information content (AvgIpc) is 2.17. The van der Waals surface area contributed by atoms with Crippen LogP contribution in [0.3, 0.4) is 0 Å². The van der Waals surface area contributed by atoms with E-state index in [4.69, 9.17) is 0 Å². The first kappa shape index (κ1) is 12.9. The fourth-order valence-corrected chi connectivity index (χ4v) is 2.30. The van der Waals surface area contributed by atoms with E-state index in [2.05, 4.69) is 55.6 Å². The largest absolute Gasteiger partial charge is 0.294 e. The minimum Gasteiger partial charge on any atom is -0.294 e. The van der Waals surface area contributed by atoms with Gasteiger partial charge in [0.1, 0.15) is 0 Å². The summed E-state index contributed by atoms with van der Waals surface area (Å²) in [6, 6.07) is 8.66. The molecular weight excluding hydrogens is 222 g/mol. The molecule has 0 aliphatic carbocycles. The van der Waals surface area contributed by atoms with E-state index in [0.717, 1.165) is 0 Å². The third kappa shape index (κ3) is 4.09. The number of thiol groups is 1. The fourth-order valence-electron chi connectivity index (χ4n) is 1.29. The first-order chi connectivity index (χ1) is 7.00. The molecule has 0 bridgehead atoms. The number of benzene rings is 1. The van der Waals surface area contributed by atoms with Gasteiger partial charge in [-0.1, -0.05) is 26.0 Å². The summed E-state index contributed by atoms with van der Waals surface area (Å²) in [4.78, 5) is 3.42. The summed E-state index contributed by atoms with van der Waals surface area (Å²) in [5.74, 6) is 0. The first-order valence-corrected chi connectivity index (χ1v) is 6.51. The first-order valence-electron chi connectivity index (χ1n) is 5.12. The lowest BCUT2D eigenvalue weighted by Crippen LogP contribution is -2.14. The van der Waals surface area contributed by atoms with Crippen molar-refractivity contribution in [2.75, 3.05) is 14.1 Å². The lowest BCUT2D eigenvalue weighted by Gasteiger charge is -2.19. The lowest BCUT2D eigenvalue weighted by atomic mass is 10.2. The van der Waals surface area contributed by atoms with Gasteiger partial charge in [-0.2, -0.15) is 12.6 Å². The molecule has 15 heavy (non-hydrogen) atoms. The summed E-state index contributed by atoms with van der Waals surface area (Å²) < 4.78 is 0. The fraction of sp³-hybridized carbons (Fsp3) is 0.500. The molecule has 1 unspecified atom stereocenters. The molecule has 1 rings (SSSR count). The number of nitrogens with zero attached hydrogens (tertiary/aromatic N) is 1. The molecule has 0 aliphatic heterocycles.